The van der Waals surface area contributed by atoms with Gasteiger partial charge < -0.3 is 10.6 Å². The number of benzene rings is 1. The molecule has 2 atom stereocenters. The smallest absolute Gasteiger partial charge is 0.241 e. The van der Waals surface area contributed by atoms with Crippen molar-refractivity contribution in [3.8, 4) is 12.3 Å². The molecule has 1 aliphatic heterocycles. The summed E-state index contributed by atoms with van der Waals surface area (Å²) in [5.74, 6) is 3.18. The van der Waals surface area contributed by atoms with Gasteiger partial charge in [-0.15, -0.1) is 6.42 Å². The van der Waals surface area contributed by atoms with E-state index in [0.717, 1.165) is 30.6 Å². The summed E-state index contributed by atoms with van der Waals surface area (Å²) >= 11 is 0. The number of carbonyl (C=O) groups excluding carboxylic acids is 1. The average Bonchev–Trinajstić information content (AvgIpc) is 2.39. The van der Waals surface area contributed by atoms with Gasteiger partial charge in [-0.2, -0.15) is 0 Å². The molecule has 0 saturated carbocycles. The first-order valence-electron chi connectivity index (χ1n) is 6.30. The molecule has 1 heterocycles. The second-order valence-corrected chi connectivity index (χ2v) is 4.85. The van der Waals surface area contributed by atoms with Crippen LogP contribution in [0.15, 0.2) is 24.3 Å². The van der Waals surface area contributed by atoms with E-state index in [1.165, 1.54) is 0 Å². The van der Waals surface area contributed by atoms with Gasteiger partial charge in [-0.05, 0) is 43.5 Å². The standard InChI is InChI=1S/C15H18N2O/c1-3-12-5-4-6-13(10-12)17-15(18)14-9-11(2)7-8-16-14/h1,4-6,10-11,14,16H,7-9H2,2H3,(H,17,18). The first-order chi connectivity index (χ1) is 8.69. The molecule has 1 fully saturated rings. The van der Waals surface area contributed by atoms with Gasteiger partial charge >= 0.3 is 0 Å². The molecule has 18 heavy (non-hydrogen) atoms. The number of amides is 1. The van der Waals surface area contributed by atoms with Crippen molar-refractivity contribution in [3.63, 3.8) is 0 Å². The number of nitrogens with one attached hydrogen (secondary N) is 2. The van der Waals surface area contributed by atoms with E-state index in [4.69, 9.17) is 6.42 Å². The minimum Gasteiger partial charge on any atom is -0.325 e. The largest absolute Gasteiger partial charge is 0.325 e. The molecule has 1 aliphatic rings. The van der Waals surface area contributed by atoms with Crippen LogP contribution in [0.5, 0.6) is 0 Å². The third-order valence-corrected chi connectivity index (χ3v) is 3.28. The number of piperidine rings is 1. The highest BCUT2D eigenvalue weighted by Gasteiger charge is 2.24. The van der Waals surface area contributed by atoms with Crippen LogP contribution < -0.4 is 10.6 Å². The normalized spacial score (nSPS) is 23.1. The molecule has 2 rings (SSSR count). The summed E-state index contributed by atoms with van der Waals surface area (Å²) in [5.41, 5.74) is 1.54. The van der Waals surface area contributed by atoms with Gasteiger partial charge in [0.05, 0.1) is 6.04 Å². The number of carbonyl (C=O) groups is 1. The molecule has 0 bridgehead atoms. The van der Waals surface area contributed by atoms with Crippen molar-refractivity contribution in [1.29, 1.82) is 0 Å². The monoisotopic (exact) mass is 242 g/mol. The third kappa shape index (κ3) is 3.12. The molecule has 2 unspecified atom stereocenters. The Balaban J connectivity index is 2.00. The van der Waals surface area contributed by atoms with Crippen LogP contribution >= 0.6 is 0 Å². The van der Waals surface area contributed by atoms with Crippen LogP contribution in [-0.4, -0.2) is 18.5 Å². The van der Waals surface area contributed by atoms with E-state index in [1.54, 1.807) is 0 Å². The lowest BCUT2D eigenvalue weighted by molar-refractivity contribution is -0.119. The van der Waals surface area contributed by atoms with Crippen molar-refractivity contribution in [1.82, 2.24) is 5.32 Å². The van der Waals surface area contributed by atoms with Crippen LogP contribution in [-0.2, 0) is 4.79 Å². The van der Waals surface area contributed by atoms with Crippen molar-refractivity contribution in [2.45, 2.75) is 25.8 Å². The molecule has 94 valence electrons. The molecule has 0 radical (unpaired) electrons. The zero-order valence-corrected chi connectivity index (χ0v) is 10.6. The predicted octanol–water partition coefficient (Wildman–Crippen LogP) is 1.99. The molecule has 0 aliphatic carbocycles. The van der Waals surface area contributed by atoms with Crippen molar-refractivity contribution in [2.75, 3.05) is 11.9 Å². The number of hydrogen-bond donors (Lipinski definition) is 2. The lowest BCUT2D eigenvalue weighted by Crippen LogP contribution is -2.45. The van der Waals surface area contributed by atoms with Gasteiger partial charge in [-0.1, -0.05) is 18.9 Å². The molecule has 1 aromatic rings. The number of terminal acetylenes is 1. The van der Waals surface area contributed by atoms with Crippen LogP contribution in [0.3, 0.4) is 0 Å². The van der Waals surface area contributed by atoms with Crippen molar-refractivity contribution in [3.05, 3.63) is 29.8 Å². The van der Waals surface area contributed by atoms with Crippen LogP contribution in [0.4, 0.5) is 5.69 Å². The third-order valence-electron chi connectivity index (χ3n) is 3.28. The Hall–Kier alpha value is -1.79. The van der Waals surface area contributed by atoms with Crippen molar-refractivity contribution < 1.29 is 4.79 Å². The van der Waals surface area contributed by atoms with Crippen LogP contribution in [0.25, 0.3) is 0 Å². The molecule has 0 aromatic heterocycles. The maximum absolute atomic E-state index is 12.1. The minimum atomic E-state index is -0.0942. The van der Waals surface area contributed by atoms with E-state index in [-0.39, 0.29) is 11.9 Å². The molecular formula is C15H18N2O. The van der Waals surface area contributed by atoms with Crippen LogP contribution in [0, 0.1) is 18.3 Å². The summed E-state index contributed by atoms with van der Waals surface area (Å²) in [7, 11) is 0. The SMILES string of the molecule is C#Cc1cccc(NC(=O)C2CC(C)CCN2)c1. The van der Waals surface area contributed by atoms with E-state index in [9.17, 15) is 4.79 Å². The van der Waals surface area contributed by atoms with E-state index < -0.39 is 0 Å². The van der Waals surface area contributed by atoms with E-state index in [2.05, 4.69) is 23.5 Å². The highest BCUT2D eigenvalue weighted by Crippen LogP contribution is 2.17. The number of hydrogen-bond acceptors (Lipinski definition) is 2. The van der Waals surface area contributed by atoms with Gasteiger partial charge in [0, 0.05) is 11.3 Å². The Labute approximate surface area is 108 Å². The number of rotatable bonds is 2. The molecule has 1 aromatic carbocycles. The lowest BCUT2D eigenvalue weighted by atomic mass is 9.94. The molecule has 2 N–H and O–H groups in total. The first kappa shape index (κ1) is 12.7. The summed E-state index contributed by atoms with van der Waals surface area (Å²) in [5, 5.41) is 6.16. The van der Waals surface area contributed by atoms with Crippen molar-refractivity contribution >= 4 is 11.6 Å². The molecule has 3 nitrogen and oxygen atoms in total. The average molecular weight is 242 g/mol. The summed E-state index contributed by atoms with van der Waals surface area (Å²) in [6.45, 7) is 3.09. The second kappa shape index (κ2) is 5.70. The Kier molecular flexibility index (Phi) is 4.01. The highest BCUT2D eigenvalue weighted by atomic mass is 16.2. The molecule has 1 amide bonds. The zero-order valence-electron chi connectivity index (χ0n) is 10.6. The summed E-state index contributed by atoms with van der Waals surface area (Å²) in [6, 6.07) is 7.26. The molecule has 0 spiro atoms. The Morgan fingerprint density at radius 1 is 1.56 bits per heavy atom. The highest BCUT2D eigenvalue weighted by molar-refractivity contribution is 5.95. The maximum atomic E-state index is 12.1. The Bertz CT molecular complexity index is 476. The van der Waals surface area contributed by atoms with Crippen molar-refractivity contribution in [2.24, 2.45) is 5.92 Å². The second-order valence-electron chi connectivity index (χ2n) is 4.85. The van der Waals surface area contributed by atoms with E-state index >= 15 is 0 Å². The topological polar surface area (TPSA) is 41.1 Å². The van der Waals surface area contributed by atoms with Gasteiger partial charge in [-0.3, -0.25) is 4.79 Å². The lowest BCUT2D eigenvalue weighted by Gasteiger charge is -2.27. The first-order valence-corrected chi connectivity index (χ1v) is 6.30. The molecule has 1 saturated heterocycles. The van der Waals surface area contributed by atoms with Gasteiger partial charge in [0.15, 0.2) is 0 Å². The summed E-state index contributed by atoms with van der Waals surface area (Å²) in [4.78, 5) is 12.1. The van der Waals surface area contributed by atoms with Gasteiger partial charge in [0.1, 0.15) is 0 Å². The fraction of sp³-hybridized carbons (Fsp3) is 0.400. The van der Waals surface area contributed by atoms with Gasteiger partial charge in [0.25, 0.3) is 0 Å². The van der Waals surface area contributed by atoms with Gasteiger partial charge in [-0.25, -0.2) is 0 Å². The minimum absolute atomic E-state index is 0.0238. The van der Waals surface area contributed by atoms with Gasteiger partial charge in [0.2, 0.25) is 5.91 Å². The maximum Gasteiger partial charge on any atom is 0.241 e. The fourth-order valence-electron chi connectivity index (χ4n) is 2.22. The zero-order chi connectivity index (χ0) is 13.0. The van der Waals surface area contributed by atoms with E-state index in [1.807, 2.05) is 24.3 Å². The molecule has 3 heteroatoms. The Morgan fingerprint density at radius 2 is 2.39 bits per heavy atom. The summed E-state index contributed by atoms with van der Waals surface area (Å²) in [6.07, 6.45) is 7.36. The quantitative estimate of drug-likeness (QED) is 0.779. The van der Waals surface area contributed by atoms with Crippen LogP contribution in [0.2, 0.25) is 0 Å². The fourth-order valence-corrected chi connectivity index (χ4v) is 2.22. The predicted molar refractivity (Wildman–Crippen MR) is 73.2 cm³/mol. The number of anilines is 1. The van der Waals surface area contributed by atoms with E-state index in [0.29, 0.717) is 5.92 Å². The Morgan fingerprint density at radius 3 is 3.11 bits per heavy atom. The van der Waals surface area contributed by atoms with Crippen LogP contribution in [0.1, 0.15) is 25.3 Å². The summed E-state index contributed by atoms with van der Waals surface area (Å²) < 4.78 is 0. The molecular weight excluding hydrogens is 224 g/mol.